The summed E-state index contributed by atoms with van der Waals surface area (Å²) in [6.07, 6.45) is -4.47. The molecule has 5 nitrogen and oxygen atoms in total. The van der Waals surface area contributed by atoms with Crippen molar-refractivity contribution < 1.29 is 27.4 Å². The van der Waals surface area contributed by atoms with Crippen molar-refractivity contribution in [2.24, 2.45) is 0 Å². The van der Waals surface area contributed by atoms with E-state index < -0.39 is 17.6 Å². The van der Waals surface area contributed by atoms with Gasteiger partial charge in [-0.1, -0.05) is 6.07 Å². The summed E-state index contributed by atoms with van der Waals surface area (Å²) in [7, 11) is 1.56. The Morgan fingerprint density at radius 1 is 1.18 bits per heavy atom. The van der Waals surface area contributed by atoms with E-state index in [0.29, 0.717) is 29.0 Å². The first-order valence-corrected chi connectivity index (χ1v) is 9.11. The van der Waals surface area contributed by atoms with Gasteiger partial charge in [0.25, 0.3) is 5.91 Å². The largest absolute Gasteiger partial charge is 0.490 e. The molecule has 0 fully saturated rings. The minimum absolute atomic E-state index is 0.114. The summed E-state index contributed by atoms with van der Waals surface area (Å²) in [6, 6.07) is 9.20. The summed E-state index contributed by atoms with van der Waals surface area (Å²) in [5.41, 5.74) is -0.415. The second-order valence-electron chi connectivity index (χ2n) is 5.47. The number of methoxy groups -OCH3 is 1. The van der Waals surface area contributed by atoms with Crippen LogP contribution in [0.3, 0.4) is 0 Å². The Morgan fingerprint density at radius 3 is 2.57 bits per heavy atom. The molecule has 0 heterocycles. The van der Waals surface area contributed by atoms with E-state index in [4.69, 9.17) is 21.7 Å². The number of ether oxygens (including phenoxy) is 2. The van der Waals surface area contributed by atoms with Crippen LogP contribution in [0, 0.1) is 0 Å². The van der Waals surface area contributed by atoms with Crippen molar-refractivity contribution in [1.29, 1.82) is 0 Å². The molecule has 2 N–H and O–H groups in total. The predicted molar refractivity (Wildman–Crippen MR) is 107 cm³/mol. The Bertz CT molecular complexity index is 862. The molecule has 0 atom stereocenters. The van der Waals surface area contributed by atoms with Crippen molar-refractivity contribution in [3.05, 3.63) is 58.1 Å². The fourth-order valence-electron chi connectivity index (χ4n) is 2.10. The van der Waals surface area contributed by atoms with Gasteiger partial charge in [-0.25, -0.2) is 0 Å². The highest BCUT2D eigenvalue weighted by atomic mass is 79.9. The van der Waals surface area contributed by atoms with Gasteiger partial charge in [-0.05, 0) is 64.5 Å². The predicted octanol–water partition coefficient (Wildman–Crippen LogP) is 4.62. The van der Waals surface area contributed by atoms with Crippen molar-refractivity contribution in [2.75, 3.05) is 25.6 Å². The number of rotatable bonds is 6. The molecule has 0 bridgehead atoms. The molecule has 150 valence electrons. The van der Waals surface area contributed by atoms with E-state index >= 15 is 0 Å². The number of nitrogens with one attached hydrogen (secondary N) is 2. The lowest BCUT2D eigenvalue weighted by Crippen LogP contribution is -2.34. The van der Waals surface area contributed by atoms with Gasteiger partial charge in [0.2, 0.25) is 0 Å². The van der Waals surface area contributed by atoms with Crippen molar-refractivity contribution in [2.45, 2.75) is 6.18 Å². The Balaban J connectivity index is 1.99. The van der Waals surface area contributed by atoms with E-state index in [9.17, 15) is 18.0 Å². The molecule has 10 heteroatoms. The molecule has 0 aliphatic heterocycles. The zero-order valence-electron chi connectivity index (χ0n) is 14.6. The van der Waals surface area contributed by atoms with Crippen molar-refractivity contribution >= 4 is 44.9 Å². The summed E-state index contributed by atoms with van der Waals surface area (Å²) >= 11 is 8.32. The number of hydrogen-bond donors (Lipinski definition) is 2. The zero-order valence-corrected chi connectivity index (χ0v) is 17.0. The number of carbonyl (C=O) groups excluding carboxylic acids is 1. The van der Waals surface area contributed by atoms with Crippen LogP contribution >= 0.6 is 28.1 Å². The van der Waals surface area contributed by atoms with Gasteiger partial charge in [0, 0.05) is 18.4 Å². The van der Waals surface area contributed by atoms with Crippen LogP contribution < -0.4 is 15.4 Å². The highest BCUT2D eigenvalue weighted by molar-refractivity contribution is 9.10. The monoisotopic (exact) mass is 476 g/mol. The number of anilines is 1. The second kappa shape index (κ2) is 9.85. The molecule has 0 aromatic heterocycles. The number of benzene rings is 2. The summed E-state index contributed by atoms with van der Waals surface area (Å²) in [6.45, 7) is 0.774. The molecule has 2 aromatic carbocycles. The molecule has 0 saturated heterocycles. The highest BCUT2D eigenvalue weighted by Crippen LogP contribution is 2.30. The summed E-state index contributed by atoms with van der Waals surface area (Å²) in [5.74, 6) is 0.0203. The average molecular weight is 477 g/mol. The Morgan fingerprint density at radius 2 is 1.93 bits per heavy atom. The van der Waals surface area contributed by atoms with E-state index in [1.54, 1.807) is 19.2 Å². The Kier molecular flexibility index (Phi) is 7.78. The third-order valence-corrected chi connectivity index (χ3v) is 4.24. The van der Waals surface area contributed by atoms with Crippen LogP contribution in [-0.2, 0) is 10.9 Å². The zero-order chi connectivity index (χ0) is 20.7. The van der Waals surface area contributed by atoms with Crippen molar-refractivity contribution in [3.63, 3.8) is 0 Å². The maximum absolute atomic E-state index is 12.8. The minimum atomic E-state index is -4.47. The number of hydrogen-bond acceptors (Lipinski definition) is 4. The lowest BCUT2D eigenvalue weighted by Gasteiger charge is -2.13. The molecule has 2 aromatic rings. The van der Waals surface area contributed by atoms with Crippen LogP contribution in [0.1, 0.15) is 15.9 Å². The average Bonchev–Trinajstić information content (AvgIpc) is 2.62. The number of thiocarbonyl (C=S) groups is 1. The van der Waals surface area contributed by atoms with Crippen molar-refractivity contribution in [3.8, 4) is 5.75 Å². The maximum Gasteiger partial charge on any atom is 0.416 e. The van der Waals surface area contributed by atoms with Gasteiger partial charge in [0.1, 0.15) is 12.4 Å². The second-order valence-corrected chi connectivity index (χ2v) is 6.74. The van der Waals surface area contributed by atoms with Crippen LogP contribution in [0.4, 0.5) is 18.9 Å². The smallest absolute Gasteiger partial charge is 0.416 e. The molecule has 0 radical (unpaired) electrons. The molecular formula is C18H16BrF3N2O3S. The molecule has 0 aliphatic carbocycles. The third-order valence-electron chi connectivity index (χ3n) is 3.41. The molecule has 28 heavy (non-hydrogen) atoms. The maximum atomic E-state index is 12.8. The van der Waals surface area contributed by atoms with E-state index in [1.807, 2.05) is 0 Å². The van der Waals surface area contributed by atoms with Gasteiger partial charge in [-0.15, -0.1) is 0 Å². The fourth-order valence-corrected chi connectivity index (χ4v) is 2.81. The van der Waals surface area contributed by atoms with Crippen LogP contribution in [0.5, 0.6) is 5.75 Å². The molecular weight excluding hydrogens is 461 g/mol. The van der Waals surface area contributed by atoms with E-state index in [2.05, 4.69) is 26.6 Å². The first-order chi connectivity index (χ1) is 13.2. The number of carbonyl (C=O) groups is 1. The lowest BCUT2D eigenvalue weighted by atomic mass is 10.2. The molecule has 0 aliphatic rings. The molecule has 1 amide bonds. The number of halogens is 4. The van der Waals surface area contributed by atoms with Crippen molar-refractivity contribution in [1.82, 2.24) is 5.32 Å². The summed E-state index contributed by atoms with van der Waals surface area (Å²) in [4.78, 5) is 12.3. The first-order valence-electron chi connectivity index (χ1n) is 7.91. The molecule has 2 rings (SSSR count). The summed E-state index contributed by atoms with van der Waals surface area (Å²) < 4.78 is 49.2. The minimum Gasteiger partial charge on any atom is -0.490 e. The first kappa shape index (κ1) is 22.1. The molecule has 0 saturated carbocycles. The fraction of sp³-hybridized carbons (Fsp3) is 0.222. The molecule has 0 unspecified atom stereocenters. The van der Waals surface area contributed by atoms with Crippen LogP contribution in [0.25, 0.3) is 0 Å². The van der Waals surface area contributed by atoms with Crippen LogP contribution in [0.15, 0.2) is 46.9 Å². The normalized spacial score (nSPS) is 11.0. The standard InChI is InChI=1S/C18H16BrF3N2O3S/c1-26-7-8-27-15-6-5-11(9-14(15)19)16(25)24-17(28)23-13-4-2-3-12(10-13)18(20,21)22/h2-6,9-10H,7-8H2,1H3,(H2,23,24,25,28). The number of amides is 1. The van der Waals surface area contributed by atoms with E-state index in [-0.39, 0.29) is 10.8 Å². The summed E-state index contributed by atoms with van der Waals surface area (Å²) in [5, 5.41) is 4.86. The quantitative estimate of drug-likeness (QED) is 0.470. The van der Waals surface area contributed by atoms with E-state index in [1.165, 1.54) is 18.2 Å². The van der Waals surface area contributed by atoms with Gasteiger partial charge >= 0.3 is 6.18 Å². The SMILES string of the molecule is COCCOc1ccc(C(=O)NC(=S)Nc2cccc(C(F)(F)F)c2)cc1Br. The van der Waals surface area contributed by atoms with Crippen LogP contribution in [0.2, 0.25) is 0 Å². The molecule has 0 spiro atoms. The van der Waals surface area contributed by atoms with Gasteiger partial charge < -0.3 is 14.8 Å². The topological polar surface area (TPSA) is 59.6 Å². The van der Waals surface area contributed by atoms with Gasteiger partial charge in [-0.2, -0.15) is 13.2 Å². The van der Waals surface area contributed by atoms with Gasteiger partial charge in [0.15, 0.2) is 5.11 Å². The van der Waals surface area contributed by atoms with E-state index in [0.717, 1.165) is 12.1 Å². The lowest BCUT2D eigenvalue weighted by molar-refractivity contribution is -0.137. The highest BCUT2D eigenvalue weighted by Gasteiger charge is 2.30. The Labute approximate surface area is 173 Å². The Hall–Kier alpha value is -2.17. The third kappa shape index (κ3) is 6.47. The van der Waals surface area contributed by atoms with Crippen LogP contribution in [-0.4, -0.2) is 31.3 Å². The number of alkyl halides is 3. The van der Waals surface area contributed by atoms with Gasteiger partial charge in [0.05, 0.1) is 16.6 Å². The van der Waals surface area contributed by atoms with Gasteiger partial charge in [-0.3, -0.25) is 10.1 Å².